The number of carbonyl (C=O) groups excluding carboxylic acids is 1. The summed E-state index contributed by atoms with van der Waals surface area (Å²) >= 11 is 2.47. The number of nitrogens with one attached hydrogen (secondary N) is 1. The number of alkyl halides is 4. The lowest BCUT2D eigenvalue weighted by Gasteiger charge is -2.32. The average Bonchev–Trinajstić information content (AvgIpc) is 2.16. The maximum absolute atomic E-state index is 12.7. The van der Waals surface area contributed by atoms with Gasteiger partial charge in [0, 0.05) is 0 Å². The fourth-order valence-corrected chi connectivity index (χ4v) is 1.48. The maximum atomic E-state index is 12.7. The zero-order valence-corrected chi connectivity index (χ0v) is 9.15. The molecule has 1 aliphatic rings. The van der Waals surface area contributed by atoms with Crippen LogP contribution in [0.4, 0.5) is 13.2 Å². The number of dihydropyridines is 1. The molecule has 1 aliphatic heterocycles. The molecule has 0 radical (unpaired) electrons. The Morgan fingerprint density at radius 1 is 1.60 bits per heavy atom. The van der Waals surface area contributed by atoms with E-state index in [4.69, 9.17) is 0 Å². The molecule has 0 aromatic carbocycles. The Kier molecular flexibility index (Phi) is 3.13. The van der Waals surface area contributed by atoms with Gasteiger partial charge in [-0.05, 0) is 34.3 Å². The molecule has 0 fully saturated rings. The smallest absolute Gasteiger partial charge is 0.426 e. The van der Waals surface area contributed by atoms with Crippen molar-refractivity contribution in [1.82, 2.24) is 5.32 Å². The minimum atomic E-state index is -4.65. The molecule has 15 heavy (non-hydrogen) atoms. The van der Waals surface area contributed by atoms with Crippen molar-refractivity contribution in [3.8, 4) is 0 Å². The van der Waals surface area contributed by atoms with Crippen LogP contribution in [-0.4, -0.2) is 23.7 Å². The Morgan fingerprint density at radius 2 is 2.20 bits per heavy atom. The zero-order valence-electron chi connectivity index (χ0n) is 7.56. The first-order chi connectivity index (χ1) is 6.83. The van der Waals surface area contributed by atoms with E-state index in [1.165, 1.54) is 6.08 Å². The number of ether oxygens (including phenoxy) is 1. The van der Waals surface area contributed by atoms with E-state index in [-0.39, 0.29) is 0 Å². The minimum absolute atomic E-state index is 0.542. The summed E-state index contributed by atoms with van der Waals surface area (Å²) in [5, 5.41) is 2.04. The second-order valence-electron chi connectivity index (χ2n) is 2.73. The standard InChI is InChI=1S/C8H7BrF3NO2/c1-15-6(14)5-3-2-4-13-7(5,9)8(10,11)12/h2-4,13H,1H3. The Hall–Kier alpha value is -0.980. The zero-order chi connectivity index (χ0) is 11.7. The average molecular weight is 286 g/mol. The molecule has 1 rings (SSSR count). The number of halogens is 4. The van der Waals surface area contributed by atoms with Crippen molar-refractivity contribution < 1.29 is 22.7 Å². The molecule has 1 atom stereocenters. The fraction of sp³-hybridized carbons (Fsp3) is 0.375. The molecule has 1 heterocycles. The van der Waals surface area contributed by atoms with Crippen molar-refractivity contribution in [3.05, 3.63) is 23.9 Å². The van der Waals surface area contributed by atoms with Crippen molar-refractivity contribution in [1.29, 1.82) is 0 Å². The third kappa shape index (κ3) is 2.01. The Balaban J connectivity index is 3.15. The molecule has 7 heteroatoms. The summed E-state index contributed by atoms with van der Waals surface area (Å²) in [6.07, 6.45) is -1.23. The molecule has 0 aromatic heterocycles. The fourth-order valence-electron chi connectivity index (χ4n) is 1.05. The van der Waals surface area contributed by atoms with Crippen LogP contribution in [0.1, 0.15) is 0 Å². The summed E-state index contributed by atoms with van der Waals surface area (Å²) < 4.78 is 39.7. The van der Waals surface area contributed by atoms with Crippen molar-refractivity contribution in [2.24, 2.45) is 0 Å². The molecule has 1 unspecified atom stereocenters. The highest BCUT2D eigenvalue weighted by Gasteiger charge is 2.58. The van der Waals surface area contributed by atoms with Gasteiger partial charge >= 0.3 is 12.1 Å². The minimum Gasteiger partial charge on any atom is -0.466 e. The van der Waals surface area contributed by atoms with Gasteiger partial charge < -0.3 is 10.1 Å². The number of hydrogen-bond acceptors (Lipinski definition) is 3. The molecule has 0 spiro atoms. The van der Waals surface area contributed by atoms with Gasteiger partial charge in [-0.2, -0.15) is 13.2 Å². The van der Waals surface area contributed by atoms with Gasteiger partial charge in [0.25, 0.3) is 0 Å². The Bertz CT molecular complexity index is 337. The summed E-state index contributed by atoms with van der Waals surface area (Å²) in [7, 11) is 1.02. The lowest BCUT2D eigenvalue weighted by molar-refractivity contribution is -0.161. The summed E-state index contributed by atoms with van der Waals surface area (Å²) in [6.45, 7) is 0. The van der Waals surface area contributed by atoms with Crippen LogP contribution < -0.4 is 5.32 Å². The van der Waals surface area contributed by atoms with Gasteiger partial charge in [0.2, 0.25) is 4.45 Å². The van der Waals surface area contributed by atoms with E-state index in [0.717, 1.165) is 19.4 Å². The van der Waals surface area contributed by atoms with Crippen LogP contribution in [0, 0.1) is 0 Å². The molecule has 0 amide bonds. The van der Waals surface area contributed by atoms with Crippen molar-refractivity contribution in [3.63, 3.8) is 0 Å². The van der Waals surface area contributed by atoms with Crippen LogP contribution in [0.3, 0.4) is 0 Å². The SMILES string of the molecule is COC(=O)C1=CC=CNC1(Br)C(F)(F)F. The molecule has 1 N–H and O–H groups in total. The van der Waals surface area contributed by atoms with Crippen molar-refractivity contribution in [2.75, 3.05) is 7.11 Å². The van der Waals surface area contributed by atoms with Gasteiger partial charge in [-0.15, -0.1) is 0 Å². The van der Waals surface area contributed by atoms with Crippen LogP contribution in [-0.2, 0) is 9.53 Å². The lowest BCUT2D eigenvalue weighted by Crippen LogP contribution is -2.53. The second-order valence-corrected chi connectivity index (χ2v) is 3.92. The van der Waals surface area contributed by atoms with Crippen LogP contribution in [0.5, 0.6) is 0 Å². The van der Waals surface area contributed by atoms with Gasteiger partial charge in [-0.25, -0.2) is 4.79 Å². The highest BCUT2D eigenvalue weighted by atomic mass is 79.9. The highest BCUT2D eigenvalue weighted by Crippen LogP contribution is 2.42. The molecular weight excluding hydrogens is 279 g/mol. The number of carbonyl (C=O) groups is 1. The summed E-state index contributed by atoms with van der Waals surface area (Å²) in [5.41, 5.74) is -0.542. The van der Waals surface area contributed by atoms with Gasteiger partial charge in [0.05, 0.1) is 12.7 Å². The van der Waals surface area contributed by atoms with Gasteiger partial charge in [0.1, 0.15) is 0 Å². The number of hydrogen-bond donors (Lipinski definition) is 1. The molecule has 84 valence electrons. The van der Waals surface area contributed by atoms with E-state index < -0.39 is 22.2 Å². The molecular formula is C8H7BrF3NO2. The van der Waals surface area contributed by atoms with Gasteiger partial charge in [-0.1, -0.05) is 0 Å². The maximum Gasteiger partial charge on any atom is 0.426 e. The Morgan fingerprint density at radius 3 is 2.67 bits per heavy atom. The number of esters is 1. The van der Waals surface area contributed by atoms with Gasteiger partial charge in [0.15, 0.2) is 0 Å². The van der Waals surface area contributed by atoms with E-state index in [2.05, 4.69) is 20.7 Å². The topological polar surface area (TPSA) is 38.3 Å². The first-order valence-corrected chi connectivity index (χ1v) is 4.61. The van der Waals surface area contributed by atoms with E-state index in [9.17, 15) is 18.0 Å². The van der Waals surface area contributed by atoms with E-state index in [1.807, 2.05) is 5.32 Å². The molecule has 0 saturated carbocycles. The van der Waals surface area contributed by atoms with Gasteiger partial charge in [-0.3, -0.25) is 0 Å². The third-order valence-electron chi connectivity index (χ3n) is 1.81. The molecule has 0 aromatic rings. The van der Waals surface area contributed by atoms with Crippen molar-refractivity contribution in [2.45, 2.75) is 10.6 Å². The lowest BCUT2D eigenvalue weighted by atomic mass is 10.0. The largest absolute Gasteiger partial charge is 0.466 e. The monoisotopic (exact) mass is 285 g/mol. The quantitative estimate of drug-likeness (QED) is 0.454. The molecule has 0 saturated heterocycles. The number of allylic oxidation sites excluding steroid dienone is 2. The van der Waals surface area contributed by atoms with Crippen LogP contribution in [0.25, 0.3) is 0 Å². The van der Waals surface area contributed by atoms with E-state index in [0.29, 0.717) is 0 Å². The van der Waals surface area contributed by atoms with E-state index in [1.54, 1.807) is 0 Å². The second kappa shape index (κ2) is 3.88. The summed E-state index contributed by atoms with van der Waals surface area (Å²) in [5.74, 6) is -1.04. The molecule has 0 bridgehead atoms. The van der Waals surface area contributed by atoms with Crippen LogP contribution in [0.2, 0.25) is 0 Å². The van der Waals surface area contributed by atoms with E-state index >= 15 is 0 Å². The molecule has 0 aliphatic carbocycles. The first-order valence-electron chi connectivity index (χ1n) is 3.82. The third-order valence-corrected chi connectivity index (χ3v) is 2.91. The Labute approximate surface area is 92.1 Å². The normalized spacial score (nSPS) is 25.5. The highest BCUT2D eigenvalue weighted by molar-refractivity contribution is 9.10. The van der Waals surface area contributed by atoms with Crippen molar-refractivity contribution >= 4 is 21.9 Å². The predicted molar refractivity (Wildman–Crippen MR) is 50.1 cm³/mol. The number of methoxy groups -OCH3 is 1. The summed E-state index contributed by atoms with van der Waals surface area (Å²) in [4.78, 5) is 11.1. The van der Waals surface area contributed by atoms with Crippen LogP contribution in [0.15, 0.2) is 23.9 Å². The number of rotatable bonds is 1. The summed E-state index contributed by atoms with van der Waals surface area (Å²) in [6, 6.07) is 0. The van der Waals surface area contributed by atoms with Crippen LogP contribution >= 0.6 is 15.9 Å². The predicted octanol–water partition coefficient (Wildman–Crippen LogP) is 1.86. The molecule has 3 nitrogen and oxygen atoms in total. The first kappa shape index (κ1) is 12.1.